The van der Waals surface area contributed by atoms with E-state index in [0.717, 1.165) is 33.6 Å². The Morgan fingerprint density at radius 2 is 1.58 bits per heavy atom. The number of hydrogen-bond donors (Lipinski definition) is 2. The highest BCUT2D eigenvalue weighted by atomic mass is 32.2. The molecule has 0 unspecified atom stereocenters. The molecule has 2 N–H and O–H groups in total. The van der Waals surface area contributed by atoms with Crippen molar-refractivity contribution >= 4 is 38.1 Å². The Hall–Kier alpha value is -5.41. The first-order valence-electron chi connectivity index (χ1n) is 14.2. The minimum atomic E-state index is -4.54. The minimum Gasteiger partial charge on any atom is -0.456 e. The summed E-state index contributed by atoms with van der Waals surface area (Å²) >= 11 is 0. The zero-order valence-corrected chi connectivity index (χ0v) is 25.6. The van der Waals surface area contributed by atoms with Gasteiger partial charge in [0.15, 0.2) is 0 Å². The normalized spacial score (nSPS) is 12.0. The third kappa shape index (κ3) is 5.90. The van der Waals surface area contributed by atoms with Crippen molar-refractivity contribution in [2.24, 2.45) is 10.1 Å². The Kier molecular flexibility index (Phi) is 7.87. The van der Waals surface area contributed by atoms with Gasteiger partial charge in [0.05, 0.1) is 17.6 Å². The van der Waals surface area contributed by atoms with Gasteiger partial charge in [0, 0.05) is 50.5 Å². The summed E-state index contributed by atoms with van der Waals surface area (Å²) in [6.45, 7) is 6.17. The first-order valence-corrected chi connectivity index (χ1v) is 15.6. The summed E-state index contributed by atoms with van der Waals surface area (Å²) in [7, 11) is -4.54. The van der Waals surface area contributed by atoms with Gasteiger partial charge in [-0.1, -0.05) is 59.7 Å². The van der Waals surface area contributed by atoms with E-state index in [1.165, 1.54) is 6.07 Å². The zero-order valence-electron chi connectivity index (χ0n) is 24.8. The number of fused-ring (bicyclic) bond motifs is 2. The maximum absolute atomic E-state index is 12.5. The standard InChI is InChI=1S/C35H29N5O4S/c1-21-8-6-9-22(2)34(21)38-25-14-16-27-30(18-25)44-31-19-26(39-35-23(3)10-7-11-24(35)20-37-40-36)15-17-28(31)33(27)29-12-4-5-13-32(29)45(41,42)43/h4-19,39H,20H2,1-3H3,(H,41,42,43)/b38-25-. The molecule has 10 heteroatoms. The van der Waals surface area contributed by atoms with Gasteiger partial charge in [-0.25, -0.2) is 4.99 Å². The lowest BCUT2D eigenvalue weighted by Gasteiger charge is -2.18. The van der Waals surface area contributed by atoms with Crippen LogP contribution in [-0.2, 0) is 16.7 Å². The topological polar surface area (TPSA) is 141 Å². The van der Waals surface area contributed by atoms with Gasteiger partial charge in [-0.3, -0.25) is 4.55 Å². The molecule has 224 valence electrons. The van der Waals surface area contributed by atoms with Crippen LogP contribution >= 0.6 is 0 Å². The van der Waals surface area contributed by atoms with Crippen molar-refractivity contribution in [2.75, 3.05) is 5.32 Å². The Morgan fingerprint density at radius 3 is 2.33 bits per heavy atom. The number of azide groups is 1. The highest BCUT2D eigenvalue weighted by Gasteiger charge is 2.23. The number of aryl methyl sites for hydroxylation is 3. The monoisotopic (exact) mass is 615 g/mol. The Morgan fingerprint density at radius 1 is 0.844 bits per heavy atom. The van der Waals surface area contributed by atoms with Gasteiger partial charge in [-0.2, -0.15) is 8.42 Å². The van der Waals surface area contributed by atoms with Crippen molar-refractivity contribution in [2.45, 2.75) is 32.2 Å². The molecule has 1 aliphatic heterocycles. The lowest BCUT2D eigenvalue weighted by molar-refractivity contribution is 0.483. The van der Waals surface area contributed by atoms with Gasteiger partial charge in [0.25, 0.3) is 10.1 Å². The van der Waals surface area contributed by atoms with E-state index in [0.29, 0.717) is 44.5 Å². The number of rotatable bonds is 7. The number of hydrogen-bond acceptors (Lipinski definition) is 6. The average Bonchev–Trinajstić information content (AvgIpc) is 3.01. The second kappa shape index (κ2) is 11.9. The van der Waals surface area contributed by atoms with Crippen LogP contribution in [0.25, 0.3) is 43.9 Å². The number of nitrogens with one attached hydrogen (secondary N) is 1. The lowest BCUT2D eigenvalue weighted by Crippen LogP contribution is -2.05. The summed E-state index contributed by atoms with van der Waals surface area (Å²) in [6, 6.07) is 29.3. The molecular formula is C35H29N5O4S. The van der Waals surface area contributed by atoms with Crippen molar-refractivity contribution in [3.63, 3.8) is 0 Å². The van der Waals surface area contributed by atoms with E-state index in [1.54, 1.807) is 18.2 Å². The molecular weight excluding hydrogens is 586 g/mol. The van der Waals surface area contributed by atoms with Crippen LogP contribution in [0.3, 0.4) is 0 Å². The number of benzene rings is 5. The van der Waals surface area contributed by atoms with E-state index in [-0.39, 0.29) is 11.4 Å². The molecule has 0 bridgehead atoms. The highest BCUT2D eigenvalue weighted by Crippen LogP contribution is 2.43. The van der Waals surface area contributed by atoms with Crippen LogP contribution in [0.5, 0.6) is 0 Å². The summed E-state index contributed by atoms with van der Waals surface area (Å²) in [5.41, 5.74) is 17.3. The molecule has 2 aliphatic rings. The highest BCUT2D eigenvalue weighted by molar-refractivity contribution is 7.86. The molecule has 0 spiro atoms. The van der Waals surface area contributed by atoms with Crippen LogP contribution in [-0.4, -0.2) is 13.0 Å². The fourth-order valence-electron chi connectivity index (χ4n) is 5.62. The number of nitrogens with zero attached hydrogens (tertiary/aromatic N) is 4. The van der Waals surface area contributed by atoms with E-state index >= 15 is 0 Å². The second-order valence-corrected chi connectivity index (χ2v) is 12.2. The Bertz CT molecular complexity index is 2280. The van der Waals surface area contributed by atoms with Gasteiger partial charge in [0.2, 0.25) is 0 Å². The van der Waals surface area contributed by atoms with Crippen molar-refractivity contribution in [1.82, 2.24) is 0 Å². The van der Waals surface area contributed by atoms with E-state index in [4.69, 9.17) is 14.9 Å². The molecule has 4 aromatic rings. The van der Waals surface area contributed by atoms with Crippen LogP contribution in [0.1, 0.15) is 22.3 Å². The molecule has 0 atom stereocenters. The maximum atomic E-state index is 12.5. The van der Waals surface area contributed by atoms with Gasteiger partial charge in [-0.15, -0.1) is 0 Å². The van der Waals surface area contributed by atoms with Crippen molar-refractivity contribution in [3.8, 4) is 22.5 Å². The molecule has 4 aromatic carbocycles. The molecule has 0 aromatic heterocycles. The minimum absolute atomic E-state index is 0.187. The molecule has 9 nitrogen and oxygen atoms in total. The summed E-state index contributed by atoms with van der Waals surface area (Å²) in [5, 5.41) is 8.51. The van der Waals surface area contributed by atoms with Gasteiger partial charge in [0.1, 0.15) is 16.2 Å². The third-order valence-electron chi connectivity index (χ3n) is 7.75. The van der Waals surface area contributed by atoms with Gasteiger partial charge < -0.3 is 9.73 Å². The summed E-state index contributed by atoms with van der Waals surface area (Å²) in [4.78, 5) is 7.60. The van der Waals surface area contributed by atoms with Crippen LogP contribution in [0.15, 0.2) is 116 Å². The van der Waals surface area contributed by atoms with Gasteiger partial charge in [-0.05, 0) is 78.9 Å². The number of anilines is 2. The molecule has 6 rings (SSSR count). The van der Waals surface area contributed by atoms with E-state index < -0.39 is 10.1 Å². The Labute approximate surface area is 260 Å². The molecule has 0 fully saturated rings. The maximum Gasteiger partial charge on any atom is 0.295 e. The van der Waals surface area contributed by atoms with Gasteiger partial charge >= 0.3 is 0 Å². The largest absolute Gasteiger partial charge is 0.456 e. The average molecular weight is 616 g/mol. The smallest absolute Gasteiger partial charge is 0.295 e. The number of para-hydroxylation sites is 2. The molecule has 1 aliphatic carbocycles. The van der Waals surface area contributed by atoms with Crippen LogP contribution in [0.4, 0.5) is 17.1 Å². The third-order valence-corrected chi connectivity index (χ3v) is 8.66. The predicted octanol–water partition coefficient (Wildman–Crippen LogP) is 9.16. The summed E-state index contributed by atoms with van der Waals surface area (Å²) < 4.78 is 41.6. The van der Waals surface area contributed by atoms with Crippen molar-refractivity contribution in [3.05, 3.63) is 135 Å². The van der Waals surface area contributed by atoms with E-state index in [2.05, 4.69) is 15.3 Å². The predicted molar refractivity (Wildman–Crippen MR) is 177 cm³/mol. The zero-order chi connectivity index (χ0) is 31.7. The molecule has 0 radical (unpaired) electrons. The van der Waals surface area contributed by atoms with Crippen molar-refractivity contribution < 1.29 is 17.4 Å². The van der Waals surface area contributed by atoms with Crippen LogP contribution < -0.4 is 10.7 Å². The molecule has 0 amide bonds. The second-order valence-electron chi connectivity index (χ2n) is 10.8. The van der Waals surface area contributed by atoms with Crippen LogP contribution in [0, 0.1) is 20.8 Å². The summed E-state index contributed by atoms with van der Waals surface area (Å²) in [5.74, 6) is 0.493. The Balaban J connectivity index is 1.61. The first-order chi connectivity index (χ1) is 21.6. The van der Waals surface area contributed by atoms with Crippen LogP contribution in [0.2, 0.25) is 0 Å². The van der Waals surface area contributed by atoms with Crippen molar-refractivity contribution in [1.29, 1.82) is 0 Å². The quantitative estimate of drug-likeness (QED) is 0.0605. The fraction of sp³-hybridized carbons (Fsp3) is 0.114. The molecule has 0 saturated carbocycles. The lowest BCUT2D eigenvalue weighted by atomic mass is 9.93. The van der Waals surface area contributed by atoms with E-state index in [9.17, 15) is 13.0 Å². The SMILES string of the molecule is Cc1cccc(C)c1/N=c1/ccc2c(-c3ccccc3S(=O)(=O)O)c3ccc(Nc4c(C)cccc4CN=[N+]=[N-])cc3oc-2c1. The molecule has 0 saturated heterocycles. The molecule has 1 heterocycles. The molecule has 45 heavy (non-hydrogen) atoms. The summed E-state index contributed by atoms with van der Waals surface area (Å²) in [6.07, 6.45) is 0. The van der Waals surface area contributed by atoms with E-state index in [1.807, 2.05) is 93.6 Å². The first kappa shape index (κ1) is 29.7. The fourth-order valence-corrected chi connectivity index (χ4v) is 6.32.